The van der Waals surface area contributed by atoms with Crippen LogP contribution in [0.1, 0.15) is 16.7 Å². The number of halogens is 1. The smallest absolute Gasteiger partial charge is 0.270 e. The van der Waals surface area contributed by atoms with Crippen LogP contribution in [0.4, 0.5) is 5.69 Å². The first-order valence-electron chi connectivity index (χ1n) is 6.45. The Balaban J connectivity index is 2.04. The van der Waals surface area contributed by atoms with Gasteiger partial charge in [0.2, 0.25) is 0 Å². The van der Waals surface area contributed by atoms with E-state index in [9.17, 15) is 4.79 Å². The van der Waals surface area contributed by atoms with E-state index in [4.69, 9.17) is 22.7 Å². The molecule has 1 amide bonds. The number of carbonyl (C=O) groups is 1. The summed E-state index contributed by atoms with van der Waals surface area (Å²) in [5.41, 5.74) is 8.45. The number of nitrogen functional groups attached to an aromatic ring is 1. The van der Waals surface area contributed by atoms with Gasteiger partial charge in [-0.25, -0.2) is 0 Å². The van der Waals surface area contributed by atoms with E-state index in [1.165, 1.54) is 0 Å². The molecule has 0 saturated heterocycles. The number of hydrogen-bond acceptors (Lipinski definition) is 3. The molecule has 4 N–H and O–H groups in total. The van der Waals surface area contributed by atoms with Crippen LogP contribution in [0.15, 0.2) is 42.5 Å². The average molecular weight is 302 g/mol. The highest BCUT2D eigenvalue weighted by molar-refractivity contribution is 6.45. The summed E-state index contributed by atoms with van der Waals surface area (Å²) >= 11 is 5.80. The first-order chi connectivity index (χ1) is 9.99. The topological polar surface area (TPSA) is 79.0 Å². The Labute approximate surface area is 128 Å². The van der Waals surface area contributed by atoms with Crippen LogP contribution in [0.5, 0.6) is 0 Å². The highest BCUT2D eigenvalue weighted by Gasteiger charge is 2.15. The number of anilines is 1. The van der Waals surface area contributed by atoms with Crippen molar-refractivity contribution in [2.45, 2.75) is 13.5 Å². The van der Waals surface area contributed by atoms with Gasteiger partial charge in [0, 0.05) is 22.8 Å². The second-order valence-corrected chi connectivity index (χ2v) is 5.16. The Kier molecular flexibility index (Phi) is 4.60. The van der Waals surface area contributed by atoms with Gasteiger partial charge in [-0.1, -0.05) is 41.9 Å². The number of amides is 1. The molecule has 0 aromatic heterocycles. The summed E-state index contributed by atoms with van der Waals surface area (Å²) < 4.78 is 0. The zero-order valence-corrected chi connectivity index (χ0v) is 12.4. The van der Waals surface area contributed by atoms with Crippen molar-refractivity contribution < 1.29 is 4.79 Å². The monoisotopic (exact) mass is 301 g/mol. The lowest BCUT2D eigenvalue weighted by Gasteiger charge is -2.10. The highest BCUT2D eigenvalue weighted by atomic mass is 35.5. The predicted molar refractivity (Wildman–Crippen MR) is 85.7 cm³/mol. The summed E-state index contributed by atoms with van der Waals surface area (Å²) in [4.78, 5) is 12.0. The van der Waals surface area contributed by atoms with Crippen molar-refractivity contribution in [2.24, 2.45) is 0 Å². The van der Waals surface area contributed by atoms with Crippen molar-refractivity contribution in [3.05, 3.63) is 64.2 Å². The number of hydrogen-bond donors (Lipinski definition) is 3. The molecule has 0 saturated carbocycles. The SMILES string of the molecule is Cc1cccc(C(=N)C(=O)NCc2ccc(Cl)cc2)c1N. The van der Waals surface area contributed by atoms with Crippen molar-refractivity contribution in [3.63, 3.8) is 0 Å². The first-order valence-corrected chi connectivity index (χ1v) is 6.83. The molecular weight excluding hydrogens is 286 g/mol. The fraction of sp³-hybridized carbons (Fsp3) is 0.125. The summed E-state index contributed by atoms with van der Waals surface area (Å²) in [6.07, 6.45) is 0. The summed E-state index contributed by atoms with van der Waals surface area (Å²) in [6.45, 7) is 2.18. The molecule has 2 aromatic rings. The van der Waals surface area contributed by atoms with Gasteiger partial charge in [0.05, 0.1) is 0 Å². The van der Waals surface area contributed by atoms with E-state index in [0.717, 1.165) is 11.1 Å². The molecule has 0 aliphatic rings. The number of aryl methyl sites for hydroxylation is 1. The molecular formula is C16H16ClN3O. The maximum Gasteiger partial charge on any atom is 0.270 e. The predicted octanol–water partition coefficient (Wildman–Crippen LogP) is 2.91. The normalized spacial score (nSPS) is 10.2. The molecule has 0 fully saturated rings. The van der Waals surface area contributed by atoms with Crippen LogP contribution in [0.25, 0.3) is 0 Å². The van der Waals surface area contributed by atoms with Crippen LogP contribution in [-0.2, 0) is 11.3 Å². The number of para-hydroxylation sites is 1. The molecule has 0 heterocycles. The van der Waals surface area contributed by atoms with Crippen LogP contribution in [-0.4, -0.2) is 11.6 Å². The Morgan fingerprint density at radius 3 is 2.57 bits per heavy atom. The van der Waals surface area contributed by atoms with Crippen LogP contribution in [0.2, 0.25) is 5.02 Å². The second-order valence-electron chi connectivity index (χ2n) is 4.72. The minimum atomic E-state index is -0.456. The van der Waals surface area contributed by atoms with Crippen LogP contribution in [0, 0.1) is 12.3 Å². The van der Waals surface area contributed by atoms with Gasteiger partial charge >= 0.3 is 0 Å². The van der Waals surface area contributed by atoms with Gasteiger partial charge in [-0.3, -0.25) is 10.2 Å². The van der Waals surface area contributed by atoms with Gasteiger partial charge < -0.3 is 11.1 Å². The highest BCUT2D eigenvalue weighted by Crippen LogP contribution is 2.17. The minimum Gasteiger partial charge on any atom is -0.398 e. The van der Waals surface area contributed by atoms with Crippen LogP contribution < -0.4 is 11.1 Å². The van der Waals surface area contributed by atoms with Crippen LogP contribution >= 0.6 is 11.6 Å². The van der Waals surface area contributed by atoms with E-state index in [2.05, 4.69) is 5.32 Å². The van der Waals surface area contributed by atoms with E-state index in [-0.39, 0.29) is 5.71 Å². The minimum absolute atomic E-state index is 0.134. The van der Waals surface area contributed by atoms with E-state index in [0.29, 0.717) is 22.8 Å². The van der Waals surface area contributed by atoms with Gasteiger partial charge in [-0.2, -0.15) is 0 Å². The van der Waals surface area contributed by atoms with E-state index in [1.807, 2.05) is 25.1 Å². The molecule has 2 rings (SSSR count). The van der Waals surface area contributed by atoms with Crippen molar-refractivity contribution >= 4 is 28.9 Å². The summed E-state index contributed by atoms with van der Waals surface area (Å²) in [7, 11) is 0. The van der Waals surface area contributed by atoms with E-state index in [1.54, 1.807) is 24.3 Å². The van der Waals surface area contributed by atoms with Crippen molar-refractivity contribution in [3.8, 4) is 0 Å². The third kappa shape index (κ3) is 3.61. The Bertz CT molecular complexity index is 680. The molecule has 0 radical (unpaired) electrons. The van der Waals surface area contributed by atoms with Gasteiger partial charge in [0.1, 0.15) is 5.71 Å². The zero-order valence-electron chi connectivity index (χ0n) is 11.6. The summed E-state index contributed by atoms with van der Waals surface area (Å²) in [6, 6.07) is 12.5. The third-order valence-corrected chi connectivity index (χ3v) is 3.44. The van der Waals surface area contributed by atoms with Crippen molar-refractivity contribution in [1.82, 2.24) is 5.32 Å². The Morgan fingerprint density at radius 1 is 1.24 bits per heavy atom. The molecule has 2 aromatic carbocycles. The summed E-state index contributed by atoms with van der Waals surface area (Å²) in [5, 5.41) is 11.3. The van der Waals surface area contributed by atoms with Gasteiger partial charge in [0.15, 0.2) is 0 Å². The molecule has 0 spiro atoms. The van der Waals surface area contributed by atoms with Crippen LogP contribution in [0.3, 0.4) is 0 Å². The maximum absolute atomic E-state index is 12.0. The summed E-state index contributed by atoms with van der Waals surface area (Å²) in [5.74, 6) is -0.456. The molecule has 0 bridgehead atoms. The lowest BCUT2D eigenvalue weighted by Crippen LogP contribution is -2.31. The third-order valence-electron chi connectivity index (χ3n) is 3.19. The number of nitrogens with one attached hydrogen (secondary N) is 2. The molecule has 0 aliphatic carbocycles. The number of benzene rings is 2. The van der Waals surface area contributed by atoms with Crippen molar-refractivity contribution in [1.29, 1.82) is 5.41 Å². The molecule has 5 heteroatoms. The molecule has 0 atom stereocenters. The first kappa shape index (κ1) is 15.1. The van der Waals surface area contributed by atoms with Crippen molar-refractivity contribution in [2.75, 3.05) is 5.73 Å². The van der Waals surface area contributed by atoms with E-state index < -0.39 is 5.91 Å². The number of carbonyl (C=O) groups excluding carboxylic acids is 1. The second kappa shape index (κ2) is 6.41. The fourth-order valence-corrected chi connectivity index (χ4v) is 2.02. The standard InChI is InChI=1S/C16H16ClN3O/c1-10-3-2-4-13(14(10)18)15(19)16(21)20-9-11-5-7-12(17)8-6-11/h2-8,19H,9,18H2,1H3,(H,20,21). The fourth-order valence-electron chi connectivity index (χ4n) is 1.89. The molecule has 21 heavy (non-hydrogen) atoms. The Hall–Kier alpha value is -2.33. The maximum atomic E-state index is 12.0. The average Bonchev–Trinajstić information content (AvgIpc) is 2.48. The van der Waals surface area contributed by atoms with E-state index >= 15 is 0 Å². The van der Waals surface area contributed by atoms with Gasteiger partial charge in [-0.15, -0.1) is 0 Å². The number of rotatable bonds is 4. The largest absolute Gasteiger partial charge is 0.398 e. The quantitative estimate of drug-likeness (QED) is 0.599. The van der Waals surface area contributed by atoms with Gasteiger partial charge in [-0.05, 0) is 30.2 Å². The lowest BCUT2D eigenvalue weighted by atomic mass is 10.0. The lowest BCUT2D eigenvalue weighted by molar-refractivity contribution is -0.114. The van der Waals surface area contributed by atoms with Gasteiger partial charge in [0.25, 0.3) is 5.91 Å². The Morgan fingerprint density at radius 2 is 1.90 bits per heavy atom. The molecule has 4 nitrogen and oxygen atoms in total. The molecule has 108 valence electrons. The zero-order chi connectivity index (χ0) is 15.4. The number of nitrogens with two attached hydrogens (primary N) is 1. The molecule has 0 aliphatic heterocycles. The molecule has 0 unspecified atom stereocenters.